The first-order valence-corrected chi connectivity index (χ1v) is 8.96. The van der Waals surface area contributed by atoms with Gasteiger partial charge in [0.1, 0.15) is 6.33 Å². The first-order valence-electron chi connectivity index (χ1n) is 8.96. The Morgan fingerprint density at radius 2 is 1.55 bits per heavy atom. The Labute approximate surface area is 179 Å². The van der Waals surface area contributed by atoms with Gasteiger partial charge >= 0.3 is 18.5 Å². The van der Waals surface area contributed by atoms with E-state index < -0.39 is 73.1 Å². The summed E-state index contributed by atoms with van der Waals surface area (Å²) < 4.78 is 116. The molecule has 1 aromatic heterocycles. The number of carbonyl (C=O) groups is 1. The number of alkyl halides is 9. The molecule has 0 unspecified atom stereocenters. The van der Waals surface area contributed by atoms with Gasteiger partial charge < -0.3 is 10.0 Å². The van der Waals surface area contributed by atoms with Gasteiger partial charge in [-0.1, -0.05) is 0 Å². The van der Waals surface area contributed by atoms with Crippen molar-refractivity contribution in [2.75, 3.05) is 19.7 Å². The number of rotatable bonds is 7. The Balaban J connectivity index is 2.27. The summed E-state index contributed by atoms with van der Waals surface area (Å²) in [4.78, 5) is 16.4. The molecule has 1 amide bonds. The van der Waals surface area contributed by atoms with E-state index >= 15 is 0 Å². The second-order valence-electron chi connectivity index (χ2n) is 6.57. The maximum atomic E-state index is 13.0. The molecular weight excluding hydrogens is 475 g/mol. The van der Waals surface area contributed by atoms with Crippen LogP contribution in [0.1, 0.15) is 17.5 Å². The fourth-order valence-corrected chi connectivity index (χ4v) is 2.52. The van der Waals surface area contributed by atoms with Crippen LogP contribution in [-0.2, 0) is 17.1 Å². The zero-order valence-corrected chi connectivity index (χ0v) is 16.3. The average Bonchev–Trinajstić information content (AvgIpc) is 3.16. The van der Waals surface area contributed by atoms with Crippen LogP contribution in [0.15, 0.2) is 30.6 Å². The molecule has 0 aliphatic rings. The van der Waals surface area contributed by atoms with Crippen molar-refractivity contribution in [3.8, 4) is 11.4 Å². The zero-order valence-electron chi connectivity index (χ0n) is 16.3. The highest BCUT2D eigenvalue weighted by atomic mass is 19.4. The molecule has 0 atom stereocenters. The first-order chi connectivity index (χ1) is 15.1. The van der Waals surface area contributed by atoms with Crippen LogP contribution in [0.4, 0.5) is 39.5 Å². The number of aliphatic hydroxyl groups excluding tert-OH is 1. The predicted octanol–water partition coefficient (Wildman–Crippen LogP) is 4.23. The Hall–Kier alpha value is -3.10. The first kappa shape index (κ1) is 26.2. The molecule has 182 valence electrons. The van der Waals surface area contributed by atoms with Gasteiger partial charge in [-0.2, -0.15) is 39.5 Å². The van der Waals surface area contributed by atoms with E-state index in [9.17, 15) is 44.3 Å². The molecule has 33 heavy (non-hydrogen) atoms. The Kier molecular flexibility index (Phi) is 7.77. The maximum Gasteiger partial charge on any atom is 0.416 e. The molecule has 0 saturated heterocycles. The molecule has 1 N–H and O–H groups in total. The third kappa shape index (κ3) is 7.76. The molecular formula is C18H15F9N4O2. The number of nitrogens with zero attached hydrogens (tertiary/aromatic N) is 4. The van der Waals surface area contributed by atoms with Gasteiger partial charge in [-0.25, -0.2) is 9.67 Å². The van der Waals surface area contributed by atoms with Gasteiger partial charge in [-0.15, -0.1) is 5.10 Å². The average molecular weight is 490 g/mol. The molecule has 0 bridgehead atoms. The lowest BCUT2D eigenvalue weighted by atomic mass is 10.0. The molecule has 0 fully saturated rings. The third-order valence-electron chi connectivity index (χ3n) is 4.07. The second kappa shape index (κ2) is 9.80. The molecule has 2 rings (SSSR count). The summed E-state index contributed by atoms with van der Waals surface area (Å²) in [5.74, 6) is -1.46. The van der Waals surface area contributed by atoms with Crippen molar-refractivity contribution in [1.82, 2.24) is 19.7 Å². The number of aliphatic hydroxyl groups is 1. The summed E-state index contributed by atoms with van der Waals surface area (Å²) >= 11 is 0. The molecule has 1 heterocycles. The van der Waals surface area contributed by atoms with E-state index in [1.165, 1.54) is 0 Å². The van der Waals surface area contributed by atoms with Gasteiger partial charge in [0, 0.05) is 30.9 Å². The van der Waals surface area contributed by atoms with Crippen LogP contribution < -0.4 is 0 Å². The van der Waals surface area contributed by atoms with E-state index in [0.29, 0.717) is 17.0 Å². The Morgan fingerprint density at radius 1 is 0.970 bits per heavy atom. The quantitative estimate of drug-likeness (QED) is 0.466. The Bertz CT molecular complexity index is 962. The second-order valence-corrected chi connectivity index (χ2v) is 6.57. The van der Waals surface area contributed by atoms with Crippen LogP contribution in [0, 0.1) is 0 Å². The minimum atomic E-state index is -5.07. The SMILES string of the molecule is O=C(/C=C\n1cnc(-c2cc(C(F)(F)F)cc(C(F)(F)F)c2)n1)N(CCO)CCC(F)(F)F. The number of hydrogen-bond donors (Lipinski definition) is 1. The topological polar surface area (TPSA) is 71.2 Å². The van der Waals surface area contributed by atoms with E-state index in [1.807, 2.05) is 0 Å². The van der Waals surface area contributed by atoms with Crippen molar-refractivity contribution in [2.45, 2.75) is 24.9 Å². The van der Waals surface area contributed by atoms with E-state index in [-0.39, 0.29) is 6.07 Å². The fourth-order valence-electron chi connectivity index (χ4n) is 2.52. The van der Waals surface area contributed by atoms with Crippen LogP contribution >= 0.6 is 0 Å². The lowest BCUT2D eigenvalue weighted by Crippen LogP contribution is -2.35. The minimum Gasteiger partial charge on any atom is -0.395 e. The normalized spacial score (nSPS) is 13.0. The number of aromatic nitrogens is 3. The molecule has 0 aliphatic carbocycles. The van der Waals surface area contributed by atoms with Gasteiger partial charge in [0.05, 0.1) is 24.2 Å². The van der Waals surface area contributed by atoms with Gasteiger partial charge in [0.25, 0.3) is 0 Å². The van der Waals surface area contributed by atoms with E-state index in [2.05, 4.69) is 10.1 Å². The summed E-state index contributed by atoms with van der Waals surface area (Å²) in [7, 11) is 0. The van der Waals surface area contributed by atoms with Crippen molar-refractivity contribution in [3.05, 3.63) is 41.7 Å². The van der Waals surface area contributed by atoms with E-state index in [4.69, 9.17) is 5.11 Å². The van der Waals surface area contributed by atoms with Crippen molar-refractivity contribution in [1.29, 1.82) is 0 Å². The van der Waals surface area contributed by atoms with Gasteiger partial charge in [-0.3, -0.25) is 4.79 Å². The predicted molar refractivity (Wildman–Crippen MR) is 95.1 cm³/mol. The molecule has 0 aliphatic heterocycles. The summed E-state index contributed by atoms with van der Waals surface area (Å²) in [6.07, 6.45) is -13.5. The van der Waals surface area contributed by atoms with Crippen LogP contribution in [0.3, 0.4) is 0 Å². The molecule has 0 saturated carbocycles. The highest BCUT2D eigenvalue weighted by Gasteiger charge is 2.37. The molecule has 1 aromatic carbocycles. The van der Waals surface area contributed by atoms with Crippen LogP contribution in [0.25, 0.3) is 17.6 Å². The monoisotopic (exact) mass is 490 g/mol. The number of carbonyl (C=O) groups excluding carboxylic acids is 1. The van der Waals surface area contributed by atoms with Crippen molar-refractivity contribution in [2.24, 2.45) is 0 Å². The highest BCUT2D eigenvalue weighted by Crippen LogP contribution is 2.38. The number of amides is 1. The lowest BCUT2D eigenvalue weighted by Gasteiger charge is -2.20. The molecule has 6 nitrogen and oxygen atoms in total. The maximum absolute atomic E-state index is 13.0. The number of benzene rings is 1. The molecule has 0 radical (unpaired) electrons. The minimum absolute atomic E-state index is 0.0598. The number of halogens is 9. The van der Waals surface area contributed by atoms with Crippen LogP contribution in [-0.4, -0.2) is 56.6 Å². The van der Waals surface area contributed by atoms with Crippen LogP contribution in [0.5, 0.6) is 0 Å². The van der Waals surface area contributed by atoms with Crippen molar-refractivity contribution < 1.29 is 49.4 Å². The Morgan fingerprint density at radius 3 is 2.03 bits per heavy atom. The summed E-state index contributed by atoms with van der Waals surface area (Å²) in [5, 5.41) is 12.6. The third-order valence-corrected chi connectivity index (χ3v) is 4.07. The largest absolute Gasteiger partial charge is 0.416 e. The van der Waals surface area contributed by atoms with Crippen LogP contribution in [0.2, 0.25) is 0 Å². The van der Waals surface area contributed by atoms with E-state index in [0.717, 1.165) is 23.3 Å². The summed E-state index contributed by atoms with van der Waals surface area (Å²) in [6.45, 7) is -1.74. The standard InChI is InChI=1S/C18H15F9N4O2/c19-16(20,21)2-4-30(5-6-32)14(33)1-3-31-10-28-15(29-31)11-7-12(17(22,23)24)9-13(8-11)18(25,26)27/h1,3,7-10,32H,2,4-6H2/b3-1-. The van der Waals surface area contributed by atoms with Gasteiger partial charge in [-0.05, 0) is 18.2 Å². The molecule has 0 spiro atoms. The summed E-state index contributed by atoms with van der Waals surface area (Å²) in [6, 6.07) is 0.781. The highest BCUT2D eigenvalue weighted by molar-refractivity contribution is 5.90. The number of hydrogen-bond acceptors (Lipinski definition) is 4. The fraction of sp³-hybridized carbons (Fsp3) is 0.389. The van der Waals surface area contributed by atoms with Gasteiger partial charge in [0.15, 0.2) is 5.82 Å². The van der Waals surface area contributed by atoms with Crippen molar-refractivity contribution in [3.63, 3.8) is 0 Å². The zero-order chi connectivity index (χ0) is 25.0. The van der Waals surface area contributed by atoms with Gasteiger partial charge in [0.2, 0.25) is 5.91 Å². The smallest absolute Gasteiger partial charge is 0.395 e. The van der Waals surface area contributed by atoms with Crippen molar-refractivity contribution >= 4 is 12.1 Å². The lowest BCUT2D eigenvalue weighted by molar-refractivity contribution is -0.145. The molecule has 15 heteroatoms. The van der Waals surface area contributed by atoms with E-state index in [1.54, 1.807) is 0 Å². The summed E-state index contributed by atoms with van der Waals surface area (Å²) in [5.41, 5.74) is -3.74. The molecule has 2 aromatic rings.